The van der Waals surface area contributed by atoms with Gasteiger partial charge in [0.1, 0.15) is 5.76 Å². The summed E-state index contributed by atoms with van der Waals surface area (Å²) in [6.07, 6.45) is 8.73. The number of aromatic nitrogens is 1. The van der Waals surface area contributed by atoms with Gasteiger partial charge in [-0.25, -0.2) is 0 Å². The number of thioether (sulfide) groups is 1. The molecule has 0 bridgehead atoms. The van der Waals surface area contributed by atoms with Crippen LogP contribution in [-0.4, -0.2) is 57.5 Å². The Labute approximate surface area is 181 Å². The van der Waals surface area contributed by atoms with E-state index in [4.69, 9.17) is 4.42 Å². The number of likely N-dealkylation sites (tertiary alicyclic amines) is 1. The number of piperidine rings is 1. The van der Waals surface area contributed by atoms with E-state index in [0.717, 1.165) is 43.7 Å². The Balaban J connectivity index is 1.37. The first-order chi connectivity index (χ1) is 14.6. The Morgan fingerprint density at radius 3 is 2.93 bits per heavy atom. The average Bonchev–Trinajstić information content (AvgIpc) is 3.26. The van der Waals surface area contributed by atoms with Crippen molar-refractivity contribution in [1.29, 1.82) is 0 Å². The molecule has 0 unspecified atom stereocenters. The van der Waals surface area contributed by atoms with Crippen LogP contribution in [0.25, 0.3) is 0 Å². The number of allylic oxidation sites excluding steroid dienone is 1. The zero-order valence-corrected chi connectivity index (χ0v) is 17.8. The molecule has 0 aromatic carbocycles. The molecule has 8 heteroatoms. The predicted octanol–water partition coefficient (Wildman–Crippen LogP) is 2.67. The second-order valence-electron chi connectivity index (χ2n) is 7.46. The average molecular weight is 432 g/mol. The topological polar surface area (TPSA) is 98.8 Å². The van der Waals surface area contributed by atoms with Crippen molar-refractivity contribution in [3.63, 3.8) is 0 Å². The van der Waals surface area contributed by atoms with Crippen LogP contribution >= 0.6 is 11.8 Å². The molecule has 3 N–H and O–H groups in total. The van der Waals surface area contributed by atoms with Gasteiger partial charge < -0.3 is 19.9 Å². The van der Waals surface area contributed by atoms with Crippen LogP contribution in [-0.2, 0) is 23.5 Å². The van der Waals surface area contributed by atoms with E-state index < -0.39 is 0 Å². The summed E-state index contributed by atoms with van der Waals surface area (Å²) in [4.78, 5) is 18.6. The fraction of sp³-hybridized carbons (Fsp3) is 0.455. The van der Waals surface area contributed by atoms with Crippen LogP contribution in [0.2, 0.25) is 0 Å². The number of carbonyl (C=O) groups is 1. The number of furan rings is 1. The molecule has 1 fully saturated rings. The molecule has 0 atom stereocenters. The molecule has 0 aliphatic carbocycles. The fourth-order valence-electron chi connectivity index (χ4n) is 3.24. The predicted molar refractivity (Wildman–Crippen MR) is 117 cm³/mol. The van der Waals surface area contributed by atoms with Gasteiger partial charge in [0.15, 0.2) is 0 Å². The van der Waals surface area contributed by atoms with Gasteiger partial charge in [-0.15, -0.1) is 11.8 Å². The molecule has 1 aliphatic heterocycles. The van der Waals surface area contributed by atoms with E-state index in [-0.39, 0.29) is 24.3 Å². The van der Waals surface area contributed by atoms with E-state index in [9.17, 15) is 15.0 Å². The molecule has 1 saturated heterocycles. The highest BCUT2D eigenvalue weighted by molar-refractivity contribution is 7.99. The molecular weight excluding hydrogens is 402 g/mol. The highest BCUT2D eigenvalue weighted by Crippen LogP contribution is 2.14. The van der Waals surface area contributed by atoms with E-state index in [2.05, 4.69) is 15.2 Å². The van der Waals surface area contributed by atoms with Gasteiger partial charge >= 0.3 is 0 Å². The van der Waals surface area contributed by atoms with Gasteiger partial charge in [0.2, 0.25) is 5.91 Å². The maximum atomic E-state index is 11.9. The van der Waals surface area contributed by atoms with Crippen LogP contribution in [0.1, 0.15) is 29.7 Å². The van der Waals surface area contributed by atoms with Gasteiger partial charge in [0.05, 0.1) is 30.9 Å². The lowest BCUT2D eigenvalue weighted by molar-refractivity contribution is -0.118. The smallest absolute Gasteiger partial charge is 0.230 e. The van der Waals surface area contributed by atoms with Gasteiger partial charge in [-0.1, -0.05) is 0 Å². The lowest BCUT2D eigenvalue weighted by atomic mass is 10.1. The van der Waals surface area contributed by atoms with Crippen molar-refractivity contribution in [1.82, 2.24) is 15.2 Å². The number of pyridine rings is 1. The highest BCUT2D eigenvalue weighted by atomic mass is 32.2. The van der Waals surface area contributed by atoms with E-state index in [1.807, 2.05) is 18.2 Å². The summed E-state index contributed by atoms with van der Waals surface area (Å²) in [5.41, 5.74) is 3.09. The second-order valence-corrected chi connectivity index (χ2v) is 8.45. The third-order valence-electron chi connectivity index (χ3n) is 4.94. The normalized spacial score (nSPS) is 16.0. The number of nitrogens with zero attached hydrogens (tertiary/aromatic N) is 2. The standard InChI is InChI=1S/C22H29N3O4S/c26-20-4-8-25(9-5-20)13-17-3-7-23-19(11-17)1-2-21(27)12-24-22(28)16-30-15-18-6-10-29-14-18/h2-3,6-7,10-11,14,20,26-27H,1,4-5,8-9,12-13,15-16H2,(H,24,28). The number of nitrogens with one attached hydrogen (secondary N) is 1. The van der Waals surface area contributed by atoms with Crippen molar-refractivity contribution in [3.8, 4) is 0 Å². The number of rotatable bonds is 10. The first-order valence-corrected chi connectivity index (χ1v) is 11.3. The highest BCUT2D eigenvalue weighted by Gasteiger charge is 2.16. The zero-order chi connectivity index (χ0) is 21.2. The van der Waals surface area contributed by atoms with Crippen molar-refractivity contribution in [2.24, 2.45) is 0 Å². The van der Waals surface area contributed by atoms with Crippen molar-refractivity contribution < 1.29 is 19.4 Å². The summed E-state index contributed by atoms with van der Waals surface area (Å²) in [5.74, 6) is 1.05. The fourth-order valence-corrected chi connectivity index (χ4v) is 4.03. The van der Waals surface area contributed by atoms with Crippen molar-refractivity contribution in [2.45, 2.75) is 37.7 Å². The van der Waals surface area contributed by atoms with Crippen LogP contribution in [0, 0.1) is 0 Å². The number of amides is 1. The molecule has 1 amide bonds. The monoisotopic (exact) mass is 431 g/mol. The third-order valence-corrected chi connectivity index (χ3v) is 5.94. The van der Waals surface area contributed by atoms with Crippen LogP contribution in [0.5, 0.6) is 0 Å². The molecule has 0 spiro atoms. The van der Waals surface area contributed by atoms with Gasteiger partial charge in [-0.3, -0.25) is 14.7 Å². The number of hydrogen-bond donors (Lipinski definition) is 3. The summed E-state index contributed by atoms with van der Waals surface area (Å²) in [6, 6.07) is 5.92. The summed E-state index contributed by atoms with van der Waals surface area (Å²) >= 11 is 1.50. The molecule has 162 valence electrons. The number of hydrogen-bond acceptors (Lipinski definition) is 7. The quantitative estimate of drug-likeness (QED) is 0.498. The molecule has 7 nitrogen and oxygen atoms in total. The maximum Gasteiger partial charge on any atom is 0.230 e. The summed E-state index contributed by atoms with van der Waals surface area (Å²) < 4.78 is 4.99. The van der Waals surface area contributed by atoms with Gasteiger partial charge in [-0.2, -0.15) is 0 Å². The second kappa shape index (κ2) is 11.8. The minimum absolute atomic E-state index is 0.112. The minimum atomic E-state index is -0.169. The Kier molecular flexibility index (Phi) is 8.80. The number of aliphatic hydroxyl groups excluding tert-OH is 2. The lowest BCUT2D eigenvalue weighted by Gasteiger charge is -2.29. The Bertz CT molecular complexity index is 818. The number of carbonyl (C=O) groups excluding carboxylic acids is 1. The van der Waals surface area contributed by atoms with Crippen molar-refractivity contribution >= 4 is 17.7 Å². The van der Waals surface area contributed by atoms with E-state index in [0.29, 0.717) is 17.9 Å². The SMILES string of the molecule is O=C(CSCc1ccoc1)NCC(O)=CCc1cc(CN2CCC(O)CC2)ccn1. The lowest BCUT2D eigenvalue weighted by Crippen LogP contribution is -2.35. The van der Waals surface area contributed by atoms with Crippen LogP contribution in [0.15, 0.2) is 53.2 Å². The zero-order valence-electron chi connectivity index (χ0n) is 17.0. The first kappa shape index (κ1) is 22.4. The largest absolute Gasteiger partial charge is 0.511 e. The Morgan fingerprint density at radius 2 is 2.17 bits per heavy atom. The molecular formula is C22H29N3O4S. The minimum Gasteiger partial charge on any atom is -0.511 e. The molecule has 3 rings (SSSR count). The van der Waals surface area contributed by atoms with Crippen LogP contribution in [0.4, 0.5) is 0 Å². The van der Waals surface area contributed by atoms with E-state index in [1.165, 1.54) is 17.3 Å². The van der Waals surface area contributed by atoms with Gasteiger partial charge in [-0.05, 0) is 42.7 Å². The summed E-state index contributed by atoms with van der Waals surface area (Å²) in [7, 11) is 0. The molecule has 30 heavy (non-hydrogen) atoms. The third kappa shape index (κ3) is 7.85. The van der Waals surface area contributed by atoms with Gasteiger partial charge in [0.25, 0.3) is 0 Å². The molecule has 0 radical (unpaired) electrons. The van der Waals surface area contributed by atoms with Crippen molar-refractivity contribution in [3.05, 3.63) is 65.6 Å². The molecule has 2 aromatic rings. The van der Waals surface area contributed by atoms with Gasteiger partial charge in [0, 0.05) is 49.3 Å². The Morgan fingerprint density at radius 1 is 1.33 bits per heavy atom. The summed E-state index contributed by atoms with van der Waals surface area (Å²) in [5, 5.41) is 22.4. The number of aliphatic hydroxyl groups is 2. The molecule has 0 saturated carbocycles. The maximum absolute atomic E-state index is 11.9. The first-order valence-electron chi connectivity index (χ1n) is 10.2. The molecule has 2 aromatic heterocycles. The van der Waals surface area contributed by atoms with E-state index >= 15 is 0 Å². The van der Waals surface area contributed by atoms with E-state index in [1.54, 1.807) is 24.8 Å². The van der Waals surface area contributed by atoms with Crippen LogP contribution < -0.4 is 5.32 Å². The summed E-state index contributed by atoms with van der Waals surface area (Å²) in [6.45, 7) is 2.75. The van der Waals surface area contributed by atoms with Crippen LogP contribution in [0.3, 0.4) is 0 Å². The molecule has 1 aliphatic rings. The molecule has 3 heterocycles. The Hall–Kier alpha value is -2.29. The van der Waals surface area contributed by atoms with Crippen molar-refractivity contribution in [2.75, 3.05) is 25.4 Å².